The quantitative estimate of drug-likeness (QED) is 0.631. The van der Waals surface area contributed by atoms with Crippen LogP contribution in [0.15, 0.2) is 42.5 Å². The van der Waals surface area contributed by atoms with Crippen LogP contribution in [0.5, 0.6) is 0 Å². The van der Waals surface area contributed by atoms with E-state index >= 15 is 0 Å². The summed E-state index contributed by atoms with van der Waals surface area (Å²) in [6.45, 7) is 4.47. The van der Waals surface area contributed by atoms with Crippen LogP contribution >= 0.6 is 0 Å². The van der Waals surface area contributed by atoms with Crippen LogP contribution < -0.4 is 11.3 Å². The largest absolute Gasteiger partial charge is 0.302 e. The Morgan fingerprint density at radius 1 is 1.05 bits per heavy atom. The third kappa shape index (κ3) is 2.69. The molecule has 1 atom stereocenters. The van der Waals surface area contributed by atoms with Gasteiger partial charge in [-0.1, -0.05) is 56.3 Å². The number of nitrogens with one attached hydrogen (secondary N) is 1. The number of hydrogen-bond acceptors (Lipinski definition) is 3. The van der Waals surface area contributed by atoms with Crippen molar-refractivity contribution in [3.8, 4) is 0 Å². The molecule has 21 heavy (non-hydrogen) atoms. The SMILES string of the molecule is CCC(CC)(C(NN)c1cccc2ccccc12)N(C)C. The molecule has 0 aliphatic heterocycles. The molecule has 2 aromatic rings. The second-order valence-corrected chi connectivity index (χ2v) is 5.87. The van der Waals surface area contributed by atoms with Crippen molar-refractivity contribution in [2.45, 2.75) is 38.3 Å². The lowest BCUT2D eigenvalue weighted by Gasteiger charge is -2.45. The zero-order chi connectivity index (χ0) is 15.5. The molecule has 0 saturated heterocycles. The summed E-state index contributed by atoms with van der Waals surface area (Å²) >= 11 is 0. The second-order valence-electron chi connectivity index (χ2n) is 5.87. The Morgan fingerprint density at radius 2 is 1.67 bits per heavy atom. The van der Waals surface area contributed by atoms with Gasteiger partial charge in [0.2, 0.25) is 0 Å². The van der Waals surface area contributed by atoms with Gasteiger partial charge in [-0.15, -0.1) is 0 Å². The van der Waals surface area contributed by atoms with E-state index < -0.39 is 0 Å². The standard InChI is InChI=1S/C18H27N3/c1-5-18(6-2,21(3)4)17(20-19)16-13-9-11-14-10-7-8-12-15(14)16/h7-13,17,20H,5-6,19H2,1-4H3. The van der Waals surface area contributed by atoms with Crippen molar-refractivity contribution >= 4 is 10.8 Å². The predicted octanol–water partition coefficient (Wildman–Crippen LogP) is 3.46. The Hall–Kier alpha value is -1.42. The molecule has 2 aromatic carbocycles. The molecule has 0 amide bonds. The van der Waals surface area contributed by atoms with E-state index in [1.54, 1.807) is 0 Å². The number of nitrogens with zero attached hydrogens (tertiary/aromatic N) is 1. The Balaban J connectivity index is 2.63. The van der Waals surface area contributed by atoms with Crippen LogP contribution in [-0.2, 0) is 0 Å². The van der Waals surface area contributed by atoms with Crippen LogP contribution in [0, 0.1) is 0 Å². The summed E-state index contributed by atoms with van der Waals surface area (Å²) in [6, 6.07) is 15.1. The van der Waals surface area contributed by atoms with Gasteiger partial charge in [-0.05, 0) is 43.3 Å². The Bertz CT molecular complexity index is 583. The van der Waals surface area contributed by atoms with Crippen LogP contribution in [0.2, 0.25) is 0 Å². The van der Waals surface area contributed by atoms with Crippen molar-refractivity contribution in [3.63, 3.8) is 0 Å². The fraction of sp³-hybridized carbons (Fsp3) is 0.444. The fourth-order valence-corrected chi connectivity index (χ4v) is 3.59. The van der Waals surface area contributed by atoms with E-state index in [1.165, 1.54) is 16.3 Å². The highest BCUT2D eigenvalue weighted by molar-refractivity contribution is 5.86. The number of benzene rings is 2. The van der Waals surface area contributed by atoms with Crippen molar-refractivity contribution in [2.24, 2.45) is 5.84 Å². The first-order valence-corrected chi connectivity index (χ1v) is 7.72. The lowest BCUT2D eigenvalue weighted by atomic mass is 9.78. The molecule has 0 fully saturated rings. The maximum atomic E-state index is 5.99. The van der Waals surface area contributed by atoms with Gasteiger partial charge in [0.15, 0.2) is 0 Å². The monoisotopic (exact) mass is 285 g/mol. The average Bonchev–Trinajstić information content (AvgIpc) is 2.52. The van der Waals surface area contributed by atoms with Crippen molar-refractivity contribution in [2.75, 3.05) is 14.1 Å². The maximum absolute atomic E-state index is 5.99. The van der Waals surface area contributed by atoms with Crippen molar-refractivity contribution < 1.29 is 0 Å². The van der Waals surface area contributed by atoms with Gasteiger partial charge in [-0.2, -0.15) is 0 Å². The van der Waals surface area contributed by atoms with Gasteiger partial charge in [-0.3, -0.25) is 11.3 Å². The van der Waals surface area contributed by atoms with Gasteiger partial charge in [0.1, 0.15) is 0 Å². The van der Waals surface area contributed by atoms with Gasteiger partial charge in [-0.25, -0.2) is 0 Å². The van der Waals surface area contributed by atoms with Crippen LogP contribution in [0.1, 0.15) is 38.3 Å². The third-order valence-corrected chi connectivity index (χ3v) is 4.95. The molecule has 0 bridgehead atoms. The first kappa shape index (κ1) is 16.0. The smallest absolute Gasteiger partial charge is 0.0649 e. The zero-order valence-electron chi connectivity index (χ0n) is 13.6. The summed E-state index contributed by atoms with van der Waals surface area (Å²) in [5, 5.41) is 2.53. The summed E-state index contributed by atoms with van der Waals surface area (Å²) in [5.74, 6) is 5.99. The minimum atomic E-state index is -0.00112. The molecule has 3 N–H and O–H groups in total. The number of fused-ring (bicyclic) bond motifs is 1. The van der Waals surface area contributed by atoms with Gasteiger partial charge in [0.05, 0.1) is 6.04 Å². The van der Waals surface area contributed by atoms with E-state index in [1.807, 2.05) is 0 Å². The zero-order valence-corrected chi connectivity index (χ0v) is 13.6. The average molecular weight is 285 g/mol. The lowest BCUT2D eigenvalue weighted by Crippen LogP contribution is -2.54. The van der Waals surface area contributed by atoms with Gasteiger partial charge < -0.3 is 4.90 Å². The first-order chi connectivity index (χ1) is 10.1. The van der Waals surface area contributed by atoms with E-state index in [0.717, 1.165) is 12.8 Å². The minimum absolute atomic E-state index is 0.00112. The number of rotatable bonds is 6. The summed E-state index contributed by atoms with van der Waals surface area (Å²) in [4.78, 5) is 2.30. The summed E-state index contributed by atoms with van der Waals surface area (Å²) < 4.78 is 0. The van der Waals surface area contributed by atoms with Crippen LogP contribution in [0.3, 0.4) is 0 Å². The fourth-order valence-electron chi connectivity index (χ4n) is 3.59. The molecule has 2 rings (SSSR count). The van der Waals surface area contributed by atoms with Crippen molar-refractivity contribution in [3.05, 3.63) is 48.0 Å². The molecule has 0 aliphatic carbocycles. The molecule has 0 aliphatic rings. The summed E-state index contributed by atoms with van der Waals surface area (Å²) in [6.07, 6.45) is 2.07. The maximum Gasteiger partial charge on any atom is 0.0649 e. The van der Waals surface area contributed by atoms with E-state index in [4.69, 9.17) is 5.84 Å². The lowest BCUT2D eigenvalue weighted by molar-refractivity contribution is 0.0888. The third-order valence-electron chi connectivity index (χ3n) is 4.95. The molecular formula is C18H27N3. The van der Waals surface area contributed by atoms with Gasteiger partial charge in [0, 0.05) is 5.54 Å². The van der Waals surface area contributed by atoms with Crippen LogP contribution in [0.25, 0.3) is 10.8 Å². The topological polar surface area (TPSA) is 41.3 Å². The van der Waals surface area contributed by atoms with E-state index in [2.05, 4.69) is 80.7 Å². The molecule has 0 radical (unpaired) electrons. The first-order valence-electron chi connectivity index (χ1n) is 7.72. The Kier molecular flexibility index (Phi) is 4.99. The number of likely N-dealkylation sites (N-methyl/N-ethyl adjacent to an activating group) is 1. The highest BCUT2D eigenvalue weighted by Gasteiger charge is 2.38. The number of hydrazine groups is 1. The van der Waals surface area contributed by atoms with Crippen LogP contribution in [0.4, 0.5) is 0 Å². The summed E-state index contributed by atoms with van der Waals surface area (Å²) in [5.41, 5.74) is 4.36. The van der Waals surface area contributed by atoms with Crippen LogP contribution in [-0.4, -0.2) is 24.5 Å². The highest BCUT2D eigenvalue weighted by Crippen LogP contribution is 2.38. The summed E-state index contributed by atoms with van der Waals surface area (Å²) in [7, 11) is 4.28. The number of hydrogen-bond donors (Lipinski definition) is 2. The Morgan fingerprint density at radius 3 is 2.24 bits per heavy atom. The molecule has 0 spiro atoms. The van der Waals surface area contributed by atoms with E-state index in [9.17, 15) is 0 Å². The van der Waals surface area contributed by atoms with E-state index in [-0.39, 0.29) is 11.6 Å². The molecule has 3 heteroatoms. The van der Waals surface area contributed by atoms with Crippen molar-refractivity contribution in [1.82, 2.24) is 10.3 Å². The molecule has 1 unspecified atom stereocenters. The molecular weight excluding hydrogens is 258 g/mol. The predicted molar refractivity (Wildman–Crippen MR) is 91.0 cm³/mol. The van der Waals surface area contributed by atoms with Gasteiger partial charge >= 0.3 is 0 Å². The molecule has 0 heterocycles. The normalized spacial score (nSPS) is 13.8. The van der Waals surface area contributed by atoms with E-state index in [0.29, 0.717) is 0 Å². The molecule has 114 valence electrons. The highest BCUT2D eigenvalue weighted by atomic mass is 15.3. The second kappa shape index (κ2) is 6.56. The van der Waals surface area contributed by atoms with Crippen molar-refractivity contribution in [1.29, 1.82) is 0 Å². The molecule has 0 aromatic heterocycles. The Labute approximate surface area is 128 Å². The molecule has 3 nitrogen and oxygen atoms in total. The molecule has 0 saturated carbocycles. The van der Waals surface area contributed by atoms with Gasteiger partial charge in [0.25, 0.3) is 0 Å². The number of nitrogens with two attached hydrogens (primary N) is 1. The minimum Gasteiger partial charge on any atom is -0.302 e.